The van der Waals surface area contributed by atoms with E-state index in [9.17, 15) is 19.2 Å². The molecule has 3 amide bonds. The van der Waals surface area contributed by atoms with E-state index in [1.807, 2.05) is 24.3 Å². The summed E-state index contributed by atoms with van der Waals surface area (Å²) in [5.41, 5.74) is 0.125. The van der Waals surface area contributed by atoms with E-state index in [1.165, 1.54) is 32.7 Å². The van der Waals surface area contributed by atoms with Crippen LogP contribution in [0.4, 0.5) is 4.79 Å². The van der Waals surface area contributed by atoms with Crippen molar-refractivity contribution in [2.45, 2.75) is 119 Å². The minimum absolute atomic E-state index is 0.0671. The molecule has 0 spiro atoms. The molecule has 4 saturated carbocycles. The van der Waals surface area contributed by atoms with Gasteiger partial charge in [0.2, 0.25) is 11.8 Å². The zero-order valence-corrected chi connectivity index (χ0v) is 33.6. The number of ether oxygens (including phenoxy) is 6. The molecule has 1 aromatic heterocycles. The summed E-state index contributed by atoms with van der Waals surface area (Å²) in [4.78, 5) is 61.9. The SMILES string of the molecule is COC(=O)[C@@]12C[C@H]1/C=C\CCCCC[C@H](NC(=O)OC1CC3CC3C1)C(=O)N1C[C@H](Oc3cc(C4CC4)nc4c(Cl)c(OCC(OC)OC)ccc34)C[C@H]1C(=O)N2. The summed E-state index contributed by atoms with van der Waals surface area (Å²) in [5.74, 6) is 0.830. The summed E-state index contributed by atoms with van der Waals surface area (Å²) in [6, 6.07) is 3.58. The molecule has 308 valence electrons. The van der Waals surface area contributed by atoms with Crippen molar-refractivity contribution in [3.05, 3.63) is 41.1 Å². The van der Waals surface area contributed by atoms with Crippen LogP contribution >= 0.6 is 11.6 Å². The molecule has 8 rings (SSSR count). The van der Waals surface area contributed by atoms with Crippen molar-refractivity contribution in [3.63, 3.8) is 0 Å². The van der Waals surface area contributed by atoms with E-state index in [-0.39, 0.29) is 37.5 Å². The average molecular weight is 809 g/mol. The minimum atomic E-state index is -1.22. The third-order valence-electron chi connectivity index (χ3n) is 12.6. The molecule has 5 fully saturated rings. The average Bonchev–Trinajstić information content (AvgIpc) is 4.17. The topological polar surface area (TPSA) is 164 Å². The molecule has 1 saturated heterocycles. The third kappa shape index (κ3) is 8.54. The molecule has 0 bridgehead atoms. The second-order valence-electron chi connectivity index (χ2n) is 16.6. The van der Waals surface area contributed by atoms with E-state index in [2.05, 4.69) is 10.6 Å². The molecule has 7 atom stereocenters. The number of benzene rings is 1. The van der Waals surface area contributed by atoms with Gasteiger partial charge >= 0.3 is 12.1 Å². The zero-order valence-electron chi connectivity index (χ0n) is 32.8. The summed E-state index contributed by atoms with van der Waals surface area (Å²) in [7, 11) is 4.36. The molecule has 2 aromatic rings. The van der Waals surface area contributed by atoms with Crippen LogP contribution in [0.15, 0.2) is 30.4 Å². The lowest BCUT2D eigenvalue weighted by Crippen LogP contribution is -2.56. The fourth-order valence-corrected chi connectivity index (χ4v) is 9.25. The first-order valence-corrected chi connectivity index (χ1v) is 20.8. The molecule has 2 aliphatic heterocycles. The second-order valence-corrected chi connectivity index (χ2v) is 16.9. The Bertz CT molecular complexity index is 1890. The summed E-state index contributed by atoms with van der Waals surface area (Å²) >= 11 is 6.93. The van der Waals surface area contributed by atoms with Crippen molar-refractivity contribution in [2.75, 3.05) is 34.5 Å². The normalized spacial score (nSPS) is 31.6. The number of nitrogens with one attached hydrogen (secondary N) is 2. The summed E-state index contributed by atoms with van der Waals surface area (Å²) < 4.78 is 34.2. The number of allylic oxidation sites excluding steroid dienone is 1. The monoisotopic (exact) mass is 808 g/mol. The number of aromatic nitrogens is 1. The molecule has 2 unspecified atom stereocenters. The molecule has 14 nitrogen and oxygen atoms in total. The highest BCUT2D eigenvalue weighted by atomic mass is 35.5. The van der Waals surface area contributed by atoms with Gasteiger partial charge in [-0.2, -0.15) is 0 Å². The Morgan fingerprint density at radius 3 is 2.53 bits per heavy atom. The third-order valence-corrected chi connectivity index (χ3v) is 13.0. The molecular weight excluding hydrogens is 756 g/mol. The predicted molar refractivity (Wildman–Crippen MR) is 208 cm³/mol. The molecule has 3 heterocycles. The van der Waals surface area contributed by atoms with Crippen molar-refractivity contribution >= 4 is 46.4 Å². The van der Waals surface area contributed by atoms with E-state index in [0.29, 0.717) is 58.5 Å². The molecule has 0 radical (unpaired) electrons. The molecule has 1 aromatic carbocycles. The number of methoxy groups -OCH3 is 3. The maximum atomic E-state index is 14.7. The van der Waals surface area contributed by atoms with Gasteiger partial charge in [-0.1, -0.05) is 36.6 Å². The quantitative estimate of drug-likeness (QED) is 0.166. The van der Waals surface area contributed by atoms with E-state index < -0.39 is 53.9 Å². The van der Waals surface area contributed by atoms with Gasteiger partial charge in [0, 0.05) is 49.6 Å². The number of halogens is 1. The van der Waals surface area contributed by atoms with Crippen LogP contribution in [-0.2, 0) is 33.3 Å². The molecule has 4 aliphatic carbocycles. The van der Waals surface area contributed by atoms with Crippen molar-refractivity contribution in [2.24, 2.45) is 17.8 Å². The van der Waals surface area contributed by atoms with Gasteiger partial charge in [-0.05, 0) is 81.8 Å². The number of hydrogen-bond acceptors (Lipinski definition) is 11. The number of carbonyl (C=O) groups excluding carboxylic acids is 4. The van der Waals surface area contributed by atoms with Gasteiger partial charge in [-0.25, -0.2) is 9.59 Å². The van der Waals surface area contributed by atoms with E-state index in [0.717, 1.165) is 50.6 Å². The number of nitrogens with zero attached hydrogens (tertiary/aromatic N) is 2. The van der Waals surface area contributed by atoms with Gasteiger partial charge in [-0.3, -0.25) is 14.6 Å². The molecule has 2 N–H and O–H groups in total. The number of amides is 3. The summed E-state index contributed by atoms with van der Waals surface area (Å²) in [6.07, 6.45) is 11.1. The number of rotatable bonds is 11. The fourth-order valence-electron chi connectivity index (χ4n) is 8.99. The Labute approximate surface area is 337 Å². The van der Waals surface area contributed by atoms with Gasteiger partial charge < -0.3 is 44.0 Å². The maximum Gasteiger partial charge on any atom is 0.408 e. The van der Waals surface area contributed by atoms with Gasteiger partial charge in [0.15, 0.2) is 6.29 Å². The largest absolute Gasteiger partial charge is 0.488 e. The Morgan fingerprint density at radius 1 is 1.00 bits per heavy atom. The van der Waals surface area contributed by atoms with Crippen molar-refractivity contribution in [3.8, 4) is 11.5 Å². The van der Waals surface area contributed by atoms with E-state index in [4.69, 9.17) is 45.0 Å². The van der Waals surface area contributed by atoms with Gasteiger partial charge in [-0.15, -0.1) is 0 Å². The lowest BCUT2D eigenvalue weighted by molar-refractivity contribution is -0.148. The Kier molecular flexibility index (Phi) is 11.6. The molecule has 57 heavy (non-hydrogen) atoms. The number of fused-ring (bicyclic) bond motifs is 4. The Hall–Kier alpha value is -4.14. The number of alkyl carbamates (subject to hydrolysis) is 1. The van der Waals surface area contributed by atoms with Crippen LogP contribution in [-0.4, -0.2) is 104 Å². The Balaban J connectivity index is 1.07. The first-order chi connectivity index (χ1) is 27.6. The highest BCUT2D eigenvalue weighted by Gasteiger charge is 2.62. The van der Waals surface area contributed by atoms with Crippen LogP contribution in [0.2, 0.25) is 5.02 Å². The van der Waals surface area contributed by atoms with Crippen LogP contribution in [0.25, 0.3) is 10.9 Å². The number of pyridine rings is 1. The lowest BCUT2D eigenvalue weighted by Gasteiger charge is -2.29. The van der Waals surface area contributed by atoms with E-state index in [1.54, 1.807) is 6.07 Å². The van der Waals surface area contributed by atoms with Crippen molar-refractivity contribution < 1.29 is 47.6 Å². The number of esters is 1. The predicted octanol–water partition coefficient (Wildman–Crippen LogP) is 5.57. The lowest BCUT2D eigenvalue weighted by atomic mass is 10.0. The van der Waals surface area contributed by atoms with E-state index >= 15 is 0 Å². The first kappa shape index (κ1) is 39.7. The standard InChI is InChI=1S/C42H53ClN4O10/c1-52-35(53-2)22-55-33-14-13-29-34(19-31(23-11-12-23)44-37(29)36(33)43)56-28-18-32-38(48)46-42(40(50)54-3)20-26(42)9-7-5-4-6-8-10-30(39(49)47(32)21-28)45-41(51)57-27-16-24-15-25(24)17-27/h7,9,13-14,19,23-28,30,32,35H,4-6,8,10-12,15-18,20-22H2,1-3H3,(H,45,51)(H,46,48)/b9-7-/t24?,25?,26-,27?,28-,30+,32+,42-/m1/s1. The zero-order chi connectivity index (χ0) is 39.8. The van der Waals surface area contributed by atoms with Crippen LogP contribution in [0, 0.1) is 17.8 Å². The fraction of sp³-hybridized carbons (Fsp3) is 0.643. The number of carbonyl (C=O) groups is 4. The van der Waals surface area contributed by atoms with Gasteiger partial charge in [0.1, 0.15) is 53.0 Å². The van der Waals surface area contributed by atoms with Gasteiger partial charge in [0.25, 0.3) is 0 Å². The van der Waals surface area contributed by atoms with Crippen molar-refractivity contribution in [1.82, 2.24) is 20.5 Å². The van der Waals surface area contributed by atoms with Crippen LogP contribution in [0.1, 0.15) is 88.7 Å². The summed E-state index contributed by atoms with van der Waals surface area (Å²) in [5, 5.41) is 6.84. The summed E-state index contributed by atoms with van der Waals surface area (Å²) in [6.45, 7) is 0.181. The minimum Gasteiger partial charge on any atom is -0.488 e. The van der Waals surface area contributed by atoms with Gasteiger partial charge in [0.05, 0.1) is 19.2 Å². The van der Waals surface area contributed by atoms with Crippen LogP contribution in [0.5, 0.6) is 11.5 Å². The highest BCUT2D eigenvalue weighted by Crippen LogP contribution is 2.52. The molecular formula is C42H53ClN4O10. The molecule has 6 aliphatic rings. The maximum absolute atomic E-state index is 14.7. The first-order valence-electron chi connectivity index (χ1n) is 20.4. The van der Waals surface area contributed by atoms with Crippen LogP contribution in [0.3, 0.4) is 0 Å². The highest BCUT2D eigenvalue weighted by molar-refractivity contribution is 6.36. The smallest absolute Gasteiger partial charge is 0.408 e. The second kappa shape index (κ2) is 16.6. The van der Waals surface area contributed by atoms with Crippen molar-refractivity contribution in [1.29, 1.82) is 0 Å². The molecule has 15 heteroatoms. The number of hydrogen-bond donors (Lipinski definition) is 2. The van der Waals surface area contributed by atoms with Crippen LogP contribution < -0.4 is 20.1 Å². The Morgan fingerprint density at radius 2 is 1.79 bits per heavy atom.